The van der Waals surface area contributed by atoms with Crippen LogP contribution in [-0.4, -0.2) is 38.4 Å². The van der Waals surface area contributed by atoms with E-state index < -0.39 is 12.8 Å². The lowest BCUT2D eigenvalue weighted by Crippen LogP contribution is -2.38. The number of alkyl halides is 3. The fourth-order valence-corrected chi connectivity index (χ4v) is 2.36. The smallest absolute Gasteiger partial charge is 0.422 e. The fourth-order valence-electron chi connectivity index (χ4n) is 2.36. The lowest BCUT2D eigenvalue weighted by atomic mass is 10.2. The third-order valence-corrected chi connectivity index (χ3v) is 3.65. The predicted octanol–water partition coefficient (Wildman–Crippen LogP) is 4.50. The van der Waals surface area contributed by atoms with Crippen molar-refractivity contribution < 1.29 is 27.1 Å². The zero-order chi connectivity index (χ0) is 21.0. The van der Waals surface area contributed by atoms with E-state index in [4.69, 9.17) is 13.9 Å². The molecule has 0 bridgehead atoms. The quantitative estimate of drug-likeness (QED) is 0.190. The van der Waals surface area contributed by atoms with Gasteiger partial charge in [-0.15, -0.1) is 24.0 Å². The predicted molar refractivity (Wildman–Crippen MR) is 119 cm³/mol. The summed E-state index contributed by atoms with van der Waals surface area (Å²) in [7, 11) is 0. The molecule has 2 aromatic rings. The van der Waals surface area contributed by atoms with E-state index in [9.17, 15) is 13.2 Å². The second-order valence-corrected chi connectivity index (χ2v) is 6.16. The van der Waals surface area contributed by atoms with Gasteiger partial charge in [0.25, 0.3) is 0 Å². The summed E-state index contributed by atoms with van der Waals surface area (Å²) < 4.78 is 52.3. The summed E-state index contributed by atoms with van der Waals surface area (Å²) in [4.78, 5) is 4.45. The van der Waals surface area contributed by atoms with Gasteiger partial charge >= 0.3 is 6.18 Å². The maximum Gasteiger partial charge on any atom is 0.422 e. The Kier molecular flexibility index (Phi) is 12.3. The van der Waals surface area contributed by atoms with Crippen LogP contribution in [0.4, 0.5) is 13.2 Å². The van der Waals surface area contributed by atoms with Crippen LogP contribution in [0.15, 0.2) is 52.1 Å². The normalized spacial score (nSPS) is 11.7. The number of furan rings is 1. The first-order chi connectivity index (χ1) is 14.0. The molecule has 0 atom stereocenters. The van der Waals surface area contributed by atoms with Crippen LogP contribution in [0.5, 0.6) is 5.75 Å². The van der Waals surface area contributed by atoms with Gasteiger partial charge in [-0.3, -0.25) is 0 Å². The summed E-state index contributed by atoms with van der Waals surface area (Å²) >= 11 is 0. The molecular weight excluding hydrogens is 514 g/mol. The van der Waals surface area contributed by atoms with E-state index >= 15 is 0 Å². The Morgan fingerprint density at radius 3 is 2.70 bits per heavy atom. The first-order valence-electron chi connectivity index (χ1n) is 9.37. The molecule has 0 amide bonds. The van der Waals surface area contributed by atoms with Crippen LogP contribution in [0.25, 0.3) is 0 Å². The van der Waals surface area contributed by atoms with Gasteiger partial charge in [0, 0.05) is 19.7 Å². The monoisotopic (exact) mass is 541 g/mol. The molecule has 0 unspecified atom stereocenters. The van der Waals surface area contributed by atoms with Gasteiger partial charge in [0.1, 0.15) is 18.1 Å². The number of halogens is 4. The topological polar surface area (TPSA) is 68.0 Å². The molecule has 6 nitrogen and oxygen atoms in total. The van der Waals surface area contributed by atoms with Crippen LogP contribution in [0.2, 0.25) is 0 Å². The van der Waals surface area contributed by atoms with Gasteiger partial charge in [0.2, 0.25) is 0 Å². The second-order valence-electron chi connectivity index (χ2n) is 6.16. The van der Waals surface area contributed by atoms with E-state index in [1.807, 2.05) is 19.1 Å². The van der Waals surface area contributed by atoms with E-state index in [1.54, 1.807) is 24.5 Å². The van der Waals surface area contributed by atoms with Crippen molar-refractivity contribution in [2.45, 2.75) is 32.7 Å². The van der Waals surface area contributed by atoms with Crippen LogP contribution in [0.1, 0.15) is 24.7 Å². The number of ether oxygens (including phenoxy) is 2. The lowest BCUT2D eigenvalue weighted by Gasteiger charge is -2.12. The van der Waals surface area contributed by atoms with E-state index in [2.05, 4.69) is 15.6 Å². The highest BCUT2D eigenvalue weighted by atomic mass is 127. The minimum atomic E-state index is -4.36. The van der Waals surface area contributed by atoms with E-state index in [0.29, 0.717) is 38.8 Å². The Balaban J connectivity index is 0.00000450. The van der Waals surface area contributed by atoms with Crippen molar-refractivity contribution in [2.75, 3.05) is 26.3 Å². The highest BCUT2D eigenvalue weighted by molar-refractivity contribution is 14.0. The average Bonchev–Trinajstić information content (AvgIpc) is 3.20. The van der Waals surface area contributed by atoms with Gasteiger partial charge in [0.05, 0.1) is 12.8 Å². The molecule has 0 aliphatic rings. The molecule has 0 aliphatic heterocycles. The molecule has 1 heterocycles. The lowest BCUT2D eigenvalue weighted by molar-refractivity contribution is -0.153. The van der Waals surface area contributed by atoms with Gasteiger partial charge in [-0.1, -0.05) is 12.1 Å². The van der Waals surface area contributed by atoms with Crippen LogP contribution in [-0.2, 0) is 17.9 Å². The molecule has 0 aliphatic carbocycles. The Labute approximate surface area is 191 Å². The van der Waals surface area contributed by atoms with E-state index in [1.165, 1.54) is 6.07 Å². The standard InChI is InChI=1S/C20H26F3N3O3.HI/c1-2-24-19(25-9-5-10-27-14-18-8-4-11-28-18)26-13-16-6-3-7-17(12-16)29-15-20(21,22)23;/h3-4,6-8,11-12H,2,5,9-10,13-15H2,1H3,(H2,24,25,26);1H. The molecule has 2 rings (SSSR count). The van der Waals surface area contributed by atoms with Crippen molar-refractivity contribution in [3.05, 3.63) is 54.0 Å². The molecule has 30 heavy (non-hydrogen) atoms. The van der Waals surface area contributed by atoms with Gasteiger partial charge < -0.3 is 24.5 Å². The highest BCUT2D eigenvalue weighted by Gasteiger charge is 2.28. The van der Waals surface area contributed by atoms with Crippen molar-refractivity contribution >= 4 is 29.9 Å². The van der Waals surface area contributed by atoms with Crippen LogP contribution < -0.4 is 15.4 Å². The summed E-state index contributed by atoms with van der Waals surface area (Å²) in [6.45, 7) is 3.32. The van der Waals surface area contributed by atoms with Gasteiger partial charge in [0.15, 0.2) is 12.6 Å². The van der Waals surface area contributed by atoms with Crippen LogP contribution in [0.3, 0.4) is 0 Å². The zero-order valence-corrected chi connectivity index (χ0v) is 19.0. The average molecular weight is 541 g/mol. The van der Waals surface area contributed by atoms with Crippen LogP contribution >= 0.6 is 24.0 Å². The first-order valence-corrected chi connectivity index (χ1v) is 9.37. The largest absolute Gasteiger partial charge is 0.484 e. The molecule has 1 aromatic heterocycles. The number of nitrogens with one attached hydrogen (secondary N) is 2. The number of hydrogen-bond acceptors (Lipinski definition) is 4. The number of rotatable bonds is 11. The maximum absolute atomic E-state index is 12.3. The summed E-state index contributed by atoms with van der Waals surface area (Å²) in [6.07, 6.45) is -1.97. The minimum Gasteiger partial charge on any atom is -0.484 e. The Bertz CT molecular complexity index is 740. The minimum absolute atomic E-state index is 0. The first kappa shape index (κ1) is 26.1. The SMILES string of the molecule is CCNC(=NCc1cccc(OCC(F)(F)F)c1)NCCCOCc1ccco1.I. The molecule has 10 heteroatoms. The maximum atomic E-state index is 12.3. The number of aliphatic imine (C=N–C) groups is 1. The molecule has 168 valence electrons. The third-order valence-electron chi connectivity index (χ3n) is 3.65. The second kappa shape index (κ2) is 14.1. The Hall–Kier alpha value is -1.95. The molecule has 2 N–H and O–H groups in total. The molecule has 0 saturated heterocycles. The summed E-state index contributed by atoms with van der Waals surface area (Å²) in [5.41, 5.74) is 0.753. The molecule has 0 fully saturated rings. The van der Waals surface area contributed by atoms with Crippen molar-refractivity contribution in [2.24, 2.45) is 4.99 Å². The van der Waals surface area contributed by atoms with Crippen molar-refractivity contribution in [1.82, 2.24) is 10.6 Å². The van der Waals surface area contributed by atoms with Gasteiger partial charge in [-0.05, 0) is 43.2 Å². The van der Waals surface area contributed by atoms with Crippen molar-refractivity contribution in [3.8, 4) is 5.75 Å². The van der Waals surface area contributed by atoms with E-state index in [-0.39, 0.29) is 29.7 Å². The summed E-state index contributed by atoms with van der Waals surface area (Å²) in [5, 5.41) is 6.33. The fraction of sp³-hybridized carbons (Fsp3) is 0.450. The number of nitrogens with zero attached hydrogens (tertiary/aromatic N) is 1. The molecule has 1 aromatic carbocycles. The molecule has 0 spiro atoms. The summed E-state index contributed by atoms with van der Waals surface area (Å²) in [6, 6.07) is 10.2. The number of hydrogen-bond donors (Lipinski definition) is 2. The highest BCUT2D eigenvalue weighted by Crippen LogP contribution is 2.19. The van der Waals surface area contributed by atoms with Crippen LogP contribution in [0, 0.1) is 0 Å². The van der Waals surface area contributed by atoms with Gasteiger partial charge in [-0.25, -0.2) is 4.99 Å². The Morgan fingerprint density at radius 2 is 2.00 bits per heavy atom. The number of benzene rings is 1. The molecule has 0 radical (unpaired) electrons. The van der Waals surface area contributed by atoms with E-state index in [0.717, 1.165) is 17.7 Å². The van der Waals surface area contributed by atoms with Gasteiger partial charge in [-0.2, -0.15) is 13.2 Å². The zero-order valence-electron chi connectivity index (χ0n) is 16.7. The van der Waals surface area contributed by atoms with Crippen molar-refractivity contribution in [3.63, 3.8) is 0 Å². The number of guanidine groups is 1. The third kappa shape index (κ3) is 11.3. The summed E-state index contributed by atoms with van der Waals surface area (Å²) in [5.74, 6) is 1.58. The Morgan fingerprint density at radius 1 is 1.17 bits per heavy atom. The van der Waals surface area contributed by atoms with Crippen molar-refractivity contribution in [1.29, 1.82) is 0 Å². The molecular formula is C20H27F3IN3O3. The molecule has 0 saturated carbocycles.